The van der Waals surface area contributed by atoms with Gasteiger partial charge in [-0.3, -0.25) is 14.2 Å². The number of esters is 2. The van der Waals surface area contributed by atoms with Gasteiger partial charge in [-0.05, 0) is 103 Å². The van der Waals surface area contributed by atoms with Crippen LogP contribution in [0.15, 0.2) is 122 Å². The Morgan fingerprint density at radius 1 is 0.369 bits per heavy atom. The van der Waals surface area contributed by atoms with Crippen molar-refractivity contribution in [2.75, 3.05) is 47.5 Å². The number of nitrogens with zero attached hydrogens (tertiary/aromatic N) is 1. The molecule has 0 N–H and O–H groups in total. The SMILES string of the molecule is CC/C=C\C/C=C\C/C=C\C/C=C\C/C=C\C/C=C\CCCCCCCCCCCCC(=O)OC(COC(=O)CCCCCCCCCCCCCCCCCCCC/C=C\C/C=C\C/C=C\C/C=C\CC)COP(=O)([O-])OCC[N+](C)(C)C. The number of ether oxygens (including phenoxy) is 2. The topological polar surface area (TPSA) is 111 Å². The van der Waals surface area contributed by atoms with Crippen LogP contribution in [0.2, 0.25) is 0 Å². The van der Waals surface area contributed by atoms with Crippen LogP contribution in [0.3, 0.4) is 0 Å². The molecule has 0 rings (SSSR count). The molecule has 9 nitrogen and oxygen atoms in total. The van der Waals surface area contributed by atoms with Crippen LogP contribution >= 0.6 is 7.82 Å². The van der Waals surface area contributed by atoms with E-state index in [4.69, 9.17) is 18.5 Å². The fourth-order valence-corrected chi connectivity index (χ4v) is 10.0. The van der Waals surface area contributed by atoms with Crippen molar-refractivity contribution in [3.8, 4) is 0 Å². The van der Waals surface area contributed by atoms with E-state index in [2.05, 4.69) is 135 Å². The lowest BCUT2D eigenvalue weighted by atomic mass is 10.0. The number of phosphoric ester groups is 1. The summed E-state index contributed by atoms with van der Waals surface area (Å²) in [4.78, 5) is 38.1. The fourth-order valence-electron chi connectivity index (χ4n) is 9.30. The van der Waals surface area contributed by atoms with Gasteiger partial charge in [-0.2, -0.15) is 0 Å². The first-order chi connectivity index (χ1) is 41.0. The van der Waals surface area contributed by atoms with Crippen LogP contribution < -0.4 is 4.89 Å². The molecule has 2 unspecified atom stereocenters. The monoisotopic (exact) mass is 1190 g/mol. The molecule has 0 aliphatic rings. The van der Waals surface area contributed by atoms with Gasteiger partial charge in [0.05, 0.1) is 27.7 Å². The van der Waals surface area contributed by atoms with Crippen molar-refractivity contribution in [1.29, 1.82) is 0 Å². The lowest BCUT2D eigenvalue weighted by molar-refractivity contribution is -0.870. The summed E-state index contributed by atoms with van der Waals surface area (Å²) in [6.45, 7) is 4.03. The average molecular weight is 1190 g/mol. The van der Waals surface area contributed by atoms with Gasteiger partial charge in [0, 0.05) is 12.8 Å². The highest BCUT2D eigenvalue weighted by molar-refractivity contribution is 7.45. The molecule has 0 amide bonds. The number of carbonyl (C=O) groups excluding carboxylic acids is 2. The van der Waals surface area contributed by atoms with Crippen molar-refractivity contribution in [1.82, 2.24) is 0 Å². The molecule has 0 aromatic heterocycles. The molecule has 0 aromatic rings. The Balaban J connectivity index is 4.08. The van der Waals surface area contributed by atoms with Crippen molar-refractivity contribution in [3.63, 3.8) is 0 Å². The Labute approximate surface area is 518 Å². The van der Waals surface area contributed by atoms with E-state index in [1.54, 1.807) is 0 Å². The minimum atomic E-state index is -4.65. The number of hydrogen-bond acceptors (Lipinski definition) is 8. The van der Waals surface area contributed by atoms with Crippen molar-refractivity contribution >= 4 is 19.8 Å². The second-order valence-electron chi connectivity index (χ2n) is 23.8. The second kappa shape index (κ2) is 63.9. The van der Waals surface area contributed by atoms with E-state index in [-0.39, 0.29) is 32.0 Å². The minimum absolute atomic E-state index is 0.0359. The number of quaternary nitrogens is 1. The smallest absolute Gasteiger partial charge is 0.306 e. The molecule has 0 aliphatic carbocycles. The van der Waals surface area contributed by atoms with Crippen LogP contribution in [0, 0.1) is 0 Å². The van der Waals surface area contributed by atoms with E-state index in [1.165, 1.54) is 141 Å². The molecule has 10 heteroatoms. The van der Waals surface area contributed by atoms with E-state index in [0.717, 1.165) is 109 Å². The highest BCUT2D eigenvalue weighted by Gasteiger charge is 2.22. The number of allylic oxidation sites excluding steroid dienone is 20. The summed E-state index contributed by atoms with van der Waals surface area (Å²) in [5.74, 6) is -0.835. The molecular formula is C74H128NO8P. The minimum Gasteiger partial charge on any atom is -0.756 e. The summed E-state index contributed by atoms with van der Waals surface area (Å²) in [7, 11) is 1.16. The Kier molecular flexibility index (Phi) is 61.2. The second-order valence-corrected chi connectivity index (χ2v) is 25.2. The van der Waals surface area contributed by atoms with E-state index in [0.29, 0.717) is 17.4 Å². The normalized spacial score (nSPS) is 13.9. The molecular weight excluding hydrogens is 1060 g/mol. The first-order valence-corrected chi connectivity index (χ1v) is 35.7. The number of rotatable bonds is 62. The maximum absolute atomic E-state index is 12.9. The Morgan fingerprint density at radius 2 is 0.643 bits per heavy atom. The highest BCUT2D eigenvalue weighted by atomic mass is 31.2. The summed E-state index contributed by atoms with van der Waals surface area (Å²) < 4.78 is 34.3. The van der Waals surface area contributed by atoms with E-state index < -0.39 is 26.5 Å². The average Bonchev–Trinajstić information content (AvgIpc) is 3.61. The molecule has 0 saturated heterocycles. The molecule has 0 spiro atoms. The van der Waals surface area contributed by atoms with Gasteiger partial charge in [0.2, 0.25) is 0 Å². The third kappa shape index (κ3) is 67.5. The number of likely N-dealkylation sites (N-methyl/N-ethyl adjacent to an activating group) is 1. The van der Waals surface area contributed by atoms with Crippen LogP contribution in [-0.2, 0) is 32.7 Å². The van der Waals surface area contributed by atoms with Gasteiger partial charge in [-0.15, -0.1) is 0 Å². The third-order valence-corrected chi connectivity index (χ3v) is 15.4. The predicted octanol–water partition coefficient (Wildman–Crippen LogP) is 21.6. The van der Waals surface area contributed by atoms with Crippen LogP contribution in [-0.4, -0.2) is 70.0 Å². The van der Waals surface area contributed by atoms with Gasteiger partial charge in [0.1, 0.15) is 19.8 Å². The number of hydrogen-bond donors (Lipinski definition) is 0. The molecule has 0 aliphatic heterocycles. The van der Waals surface area contributed by atoms with Gasteiger partial charge >= 0.3 is 11.9 Å². The lowest BCUT2D eigenvalue weighted by Gasteiger charge is -2.28. The lowest BCUT2D eigenvalue weighted by Crippen LogP contribution is -2.37. The van der Waals surface area contributed by atoms with Crippen molar-refractivity contribution in [2.24, 2.45) is 0 Å². The molecule has 0 heterocycles. The largest absolute Gasteiger partial charge is 0.756 e. The van der Waals surface area contributed by atoms with Gasteiger partial charge in [-0.25, -0.2) is 0 Å². The number of phosphoric acid groups is 1. The van der Waals surface area contributed by atoms with E-state index in [1.807, 2.05) is 21.1 Å². The van der Waals surface area contributed by atoms with Gasteiger partial charge in [0.15, 0.2) is 6.10 Å². The van der Waals surface area contributed by atoms with Crippen LogP contribution in [0.1, 0.15) is 284 Å². The third-order valence-electron chi connectivity index (χ3n) is 14.5. The summed E-state index contributed by atoms with van der Waals surface area (Å²) >= 11 is 0. The van der Waals surface area contributed by atoms with Gasteiger partial charge < -0.3 is 27.9 Å². The number of carbonyl (C=O) groups is 2. The predicted molar refractivity (Wildman–Crippen MR) is 360 cm³/mol. The van der Waals surface area contributed by atoms with Gasteiger partial charge in [-0.1, -0.05) is 289 Å². The molecule has 0 aromatic carbocycles. The van der Waals surface area contributed by atoms with Crippen molar-refractivity contribution < 1.29 is 42.1 Å². The molecule has 0 saturated carbocycles. The summed E-state index contributed by atoms with van der Waals surface area (Å²) in [6, 6.07) is 0. The molecule has 0 fully saturated rings. The standard InChI is InChI=1S/C74H128NO8P/c1-6-8-10-12-14-16-18-20-22-24-26-28-30-32-34-36-37-39-40-42-44-46-48-50-52-54-56-58-60-62-64-66-73(76)80-70-72(71-82-84(78,79)81-69-68-75(3,4)5)83-74(77)67-65-63-61-59-57-55-53-51-49-47-45-43-41-38-35-33-31-29-27-25-23-21-19-17-15-13-11-9-7-2/h8-11,14-17,20-23,26-29,33,35,41,43,72H,6-7,12-13,18-19,24-25,30-32,34,36-40,42,44-71H2,1-5H3/b10-8-,11-9-,16-14-,17-15-,22-20-,23-21-,28-26-,29-27-,35-33-,43-41-. The maximum atomic E-state index is 12.9. The number of unbranched alkanes of at least 4 members (excludes halogenated alkanes) is 28. The zero-order valence-electron chi connectivity index (χ0n) is 54.8. The molecule has 84 heavy (non-hydrogen) atoms. The molecule has 0 bridgehead atoms. The zero-order valence-corrected chi connectivity index (χ0v) is 55.7. The van der Waals surface area contributed by atoms with Crippen molar-refractivity contribution in [2.45, 2.75) is 290 Å². The Bertz CT molecular complexity index is 1830. The van der Waals surface area contributed by atoms with E-state index >= 15 is 0 Å². The molecule has 0 radical (unpaired) electrons. The van der Waals surface area contributed by atoms with Crippen LogP contribution in [0.25, 0.3) is 0 Å². The van der Waals surface area contributed by atoms with Crippen LogP contribution in [0.4, 0.5) is 0 Å². The highest BCUT2D eigenvalue weighted by Crippen LogP contribution is 2.38. The van der Waals surface area contributed by atoms with E-state index in [9.17, 15) is 19.0 Å². The zero-order chi connectivity index (χ0) is 61.2. The summed E-state index contributed by atoms with van der Waals surface area (Å²) in [5, 5.41) is 0. The van der Waals surface area contributed by atoms with Gasteiger partial charge in [0.25, 0.3) is 7.82 Å². The first-order valence-electron chi connectivity index (χ1n) is 34.2. The Morgan fingerprint density at radius 3 is 0.952 bits per heavy atom. The van der Waals surface area contributed by atoms with Crippen LogP contribution in [0.5, 0.6) is 0 Å². The Hall–Kier alpha value is -3.59. The maximum Gasteiger partial charge on any atom is 0.306 e. The van der Waals surface area contributed by atoms with Crippen molar-refractivity contribution in [3.05, 3.63) is 122 Å². The fraction of sp³-hybridized carbons (Fsp3) is 0.703. The molecule has 482 valence electrons. The summed E-state index contributed by atoms with van der Waals surface area (Å²) in [6.07, 6.45) is 91.3. The molecule has 2 atom stereocenters. The first kappa shape index (κ1) is 80.4. The summed E-state index contributed by atoms with van der Waals surface area (Å²) in [5.41, 5.74) is 0. The quantitative estimate of drug-likeness (QED) is 0.0195.